The molecule has 0 spiro atoms. The fraction of sp³-hybridized carbons (Fsp3) is 0.571. The predicted molar refractivity (Wildman–Crippen MR) is 66.8 cm³/mol. The summed E-state index contributed by atoms with van der Waals surface area (Å²) in [7, 11) is 0. The van der Waals surface area contributed by atoms with E-state index in [4.69, 9.17) is 0 Å². The molecule has 1 aliphatic rings. The molecule has 1 N–H and O–H groups in total. The molecule has 2 atom stereocenters. The van der Waals surface area contributed by atoms with Crippen LogP contribution >= 0.6 is 0 Å². The topological polar surface area (TPSA) is 23.5 Å². The van der Waals surface area contributed by atoms with E-state index in [1.165, 1.54) is 0 Å². The van der Waals surface area contributed by atoms with E-state index in [0.29, 0.717) is 19.5 Å². The number of aliphatic hydroxyl groups excluding tert-OH is 1. The molecule has 0 bridgehead atoms. The molecule has 1 fully saturated rings. The highest BCUT2D eigenvalue weighted by Crippen LogP contribution is 2.23. The van der Waals surface area contributed by atoms with E-state index >= 15 is 0 Å². The quantitative estimate of drug-likeness (QED) is 0.892. The number of piperidine rings is 1. The van der Waals surface area contributed by atoms with Crippen molar-refractivity contribution < 1.29 is 13.9 Å². The SMILES string of the molecule is OC1CCN(CCc2ccccc2)C(C(F)F)C1. The van der Waals surface area contributed by atoms with Crippen molar-refractivity contribution in [3.63, 3.8) is 0 Å². The van der Waals surface area contributed by atoms with E-state index in [2.05, 4.69) is 0 Å². The Bertz CT molecular complexity index is 358. The summed E-state index contributed by atoms with van der Waals surface area (Å²) in [4.78, 5) is 1.81. The van der Waals surface area contributed by atoms with Crippen molar-refractivity contribution in [2.45, 2.75) is 37.8 Å². The number of aliphatic hydroxyl groups is 1. The Balaban J connectivity index is 1.91. The molecule has 0 radical (unpaired) electrons. The van der Waals surface area contributed by atoms with Crippen LogP contribution in [0, 0.1) is 0 Å². The van der Waals surface area contributed by atoms with E-state index in [0.717, 1.165) is 12.0 Å². The summed E-state index contributed by atoms with van der Waals surface area (Å²) < 4.78 is 25.8. The minimum atomic E-state index is -2.38. The third-order valence-electron chi connectivity index (χ3n) is 3.55. The molecular weight excluding hydrogens is 236 g/mol. The lowest BCUT2D eigenvalue weighted by molar-refractivity contribution is -0.0353. The Morgan fingerprint density at radius 3 is 2.67 bits per heavy atom. The predicted octanol–water partition coefficient (Wildman–Crippen LogP) is 2.32. The van der Waals surface area contributed by atoms with Crippen molar-refractivity contribution in [2.75, 3.05) is 13.1 Å². The second-order valence-corrected chi connectivity index (χ2v) is 4.85. The van der Waals surface area contributed by atoms with Crippen LogP contribution in [0.25, 0.3) is 0 Å². The van der Waals surface area contributed by atoms with Crippen LogP contribution in [0.4, 0.5) is 8.78 Å². The first kappa shape index (κ1) is 13.4. The molecule has 18 heavy (non-hydrogen) atoms. The molecule has 0 aromatic heterocycles. The van der Waals surface area contributed by atoms with Crippen molar-refractivity contribution in [3.8, 4) is 0 Å². The van der Waals surface area contributed by atoms with E-state index in [-0.39, 0.29) is 6.42 Å². The minimum Gasteiger partial charge on any atom is -0.393 e. The number of hydrogen-bond acceptors (Lipinski definition) is 2. The van der Waals surface area contributed by atoms with Gasteiger partial charge < -0.3 is 5.11 Å². The zero-order valence-corrected chi connectivity index (χ0v) is 10.3. The van der Waals surface area contributed by atoms with Gasteiger partial charge in [-0.25, -0.2) is 8.78 Å². The number of nitrogens with zero attached hydrogens (tertiary/aromatic N) is 1. The van der Waals surface area contributed by atoms with Crippen LogP contribution in [0.5, 0.6) is 0 Å². The molecular formula is C14H19F2NO. The third kappa shape index (κ3) is 3.50. The molecule has 2 nitrogen and oxygen atoms in total. The van der Waals surface area contributed by atoms with Gasteiger partial charge in [0.05, 0.1) is 12.1 Å². The minimum absolute atomic E-state index is 0.187. The van der Waals surface area contributed by atoms with Gasteiger partial charge in [-0.2, -0.15) is 0 Å². The fourth-order valence-corrected chi connectivity index (χ4v) is 2.48. The lowest BCUT2D eigenvalue weighted by Gasteiger charge is -2.37. The Morgan fingerprint density at radius 1 is 1.28 bits per heavy atom. The summed E-state index contributed by atoms with van der Waals surface area (Å²) in [5, 5.41) is 9.47. The van der Waals surface area contributed by atoms with Gasteiger partial charge in [-0.05, 0) is 24.8 Å². The van der Waals surface area contributed by atoms with Gasteiger partial charge in [0, 0.05) is 13.1 Å². The number of rotatable bonds is 4. The summed E-state index contributed by atoms with van der Waals surface area (Å²) in [6, 6.07) is 9.09. The second-order valence-electron chi connectivity index (χ2n) is 4.85. The van der Waals surface area contributed by atoms with Gasteiger partial charge in [0.25, 0.3) is 6.43 Å². The molecule has 0 amide bonds. The van der Waals surface area contributed by atoms with Crippen molar-refractivity contribution in [2.24, 2.45) is 0 Å². The summed E-state index contributed by atoms with van der Waals surface area (Å²) in [5.41, 5.74) is 1.16. The molecule has 2 rings (SSSR count). The highest BCUT2D eigenvalue weighted by Gasteiger charge is 2.33. The summed E-state index contributed by atoms with van der Waals surface area (Å²) in [6.07, 6.45) is -1.39. The van der Waals surface area contributed by atoms with Crippen molar-refractivity contribution in [1.82, 2.24) is 4.90 Å². The molecule has 1 saturated heterocycles. The van der Waals surface area contributed by atoms with Gasteiger partial charge in [-0.1, -0.05) is 30.3 Å². The van der Waals surface area contributed by atoms with Crippen LogP contribution in [0.2, 0.25) is 0 Å². The monoisotopic (exact) mass is 255 g/mol. The van der Waals surface area contributed by atoms with E-state index in [9.17, 15) is 13.9 Å². The van der Waals surface area contributed by atoms with Gasteiger partial charge in [-0.15, -0.1) is 0 Å². The first-order valence-corrected chi connectivity index (χ1v) is 6.41. The molecule has 0 saturated carbocycles. The Hall–Kier alpha value is -1.00. The average Bonchev–Trinajstić information content (AvgIpc) is 2.38. The number of likely N-dealkylation sites (tertiary alicyclic amines) is 1. The second kappa shape index (κ2) is 6.25. The standard InChI is InChI=1S/C14H19F2NO/c15-14(16)13-10-12(18)7-9-17(13)8-6-11-4-2-1-3-5-11/h1-5,12-14,18H,6-10H2. The maximum absolute atomic E-state index is 12.9. The third-order valence-corrected chi connectivity index (χ3v) is 3.55. The summed E-state index contributed by atoms with van der Waals surface area (Å²) >= 11 is 0. The number of halogens is 2. The Labute approximate surface area is 106 Å². The number of hydrogen-bond donors (Lipinski definition) is 1. The average molecular weight is 255 g/mol. The van der Waals surface area contributed by atoms with Crippen LogP contribution in [-0.4, -0.2) is 41.7 Å². The van der Waals surface area contributed by atoms with Gasteiger partial charge in [-0.3, -0.25) is 4.90 Å². The molecule has 1 aromatic carbocycles. The van der Waals surface area contributed by atoms with Crippen molar-refractivity contribution in [3.05, 3.63) is 35.9 Å². The van der Waals surface area contributed by atoms with Crippen LogP contribution < -0.4 is 0 Å². The number of alkyl halides is 2. The summed E-state index contributed by atoms with van der Waals surface area (Å²) in [5.74, 6) is 0. The fourth-order valence-electron chi connectivity index (χ4n) is 2.48. The van der Waals surface area contributed by atoms with E-state index in [1.54, 1.807) is 0 Å². The molecule has 1 aliphatic heterocycles. The van der Waals surface area contributed by atoms with Gasteiger partial charge in [0.2, 0.25) is 0 Å². The largest absolute Gasteiger partial charge is 0.393 e. The smallest absolute Gasteiger partial charge is 0.253 e. The van der Waals surface area contributed by atoms with Gasteiger partial charge in [0.15, 0.2) is 0 Å². The highest BCUT2D eigenvalue weighted by molar-refractivity contribution is 5.15. The lowest BCUT2D eigenvalue weighted by Crippen LogP contribution is -2.48. The number of benzene rings is 1. The molecule has 100 valence electrons. The van der Waals surface area contributed by atoms with Crippen LogP contribution in [0.3, 0.4) is 0 Å². The Kier molecular flexibility index (Phi) is 4.66. The van der Waals surface area contributed by atoms with Crippen molar-refractivity contribution >= 4 is 0 Å². The molecule has 4 heteroatoms. The van der Waals surface area contributed by atoms with E-state index < -0.39 is 18.6 Å². The molecule has 0 aliphatic carbocycles. The van der Waals surface area contributed by atoms with Gasteiger partial charge in [0.1, 0.15) is 0 Å². The molecule has 1 aromatic rings. The van der Waals surface area contributed by atoms with Crippen molar-refractivity contribution in [1.29, 1.82) is 0 Å². The van der Waals surface area contributed by atoms with E-state index in [1.807, 2.05) is 35.2 Å². The van der Waals surface area contributed by atoms with Crippen LogP contribution in [0.1, 0.15) is 18.4 Å². The zero-order chi connectivity index (χ0) is 13.0. The molecule has 2 unspecified atom stereocenters. The van der Waals surface area contributed by atoms with Crippen LogP contribution in [0.15, 0.2) is 30.3 Å². The maximum Gasteiger partial charge on any atom is 0.253 e. The first-order valence-electron chi connectivity index (χ1n) is 6.41. The lowest BCUT2D eigenvalue weighted by atomic mass is 9.99. The van der Waals surface area contributed by atoms with Crippen LogP contribution in [-0.2, 0) is 6.42 Å². The first-order chi connectivity index (χ1) is 8.66. The van der Waals surface area contributed by atoms with Gasteiger partial charge >= 0.3 is 0 Å². The summed E-state index contributed by atoms with van der Waals surface area (Å²) in [6.45, 7) is 1.19. The zero-order valence-electron chi connectivity index (χ0n) is 10.3. The normalized spacial score (nSPS) is 25.6. The highest BCUT2D eigenvalue weighted by atomic mass is 19.3. The maximum atomic E-state index is 12.9. The Morgan fingerprint density at radius 2 is 2.00 bits per heavy atom. The molecule has 1 heterocycles.